The third kappa shape index (κ3) is 4.45. The Balaban J connectivity index is 1.32. The van der Waals surface area contributed by atoms with Crippen molar-refractivity contribution in [3.8, 4) is 5.75 Å². The van der Waals surface area contributed by atoms with E-state index >= 15 is 0 Å². The fraction of sp³-hybridized carbons (Fsp3) is 0.586. The van der Waals surface area contributed by atoms with Crippen LogP contribution in [0.4, 0.5) is 0 Å². The normalized spacial score (nSPS) is 37.6. The lowest BCUT2D eigenvalue weighted by molar-refractivity contribution is -0.316. The van der Waals surface area contributed by atoms with Gasteiger partial charge in [0.2, 0.25) is 0 Å². The van der Waals surface area contributed by atoms with Gasteiger partial charge in [-0.15, -0.1) is 0 Å². The van der Waals surface area contributed by atoms with Crippen LogP contribution in [0.15, 0.2) is 42.5 Å². The summed E-state index contributed by atoms with van der Waals surface area (Å²) in [5.41, 5.74) is 2.97. The van der Waals surface area contributed by atoms with Gasteiger partial charge in [0.15, 0.2) is 5.79 Å². The molecule has 2 aliphatic carbocycles. The molecule has 5 rings (SSSR count). The molecule has 2 aromatic carbocycles. The number of benzene rings is 2. The van der Waals surface area contributed by atoms with Gasteiger partial charge in [-0.3, -0.25) is 0 Å². The van der Waals surface area contributed by atoms with Crippen LogP contribution in [0.5, 0.6) is 5.75 Å². The Kier molecular flexibility index (Phi) is 6.26. The molecule has 3 nitrogen and oxygen atoms in total. The van der Waals surface area contributed by atoms with Gasteiger partial charge in [0.05, 0.1) is 12.2 Å². The van der Waals surface area contributed by atoms with E-state index in [9.17, 15) is 5.11 Å². The van der Waals surface area contributed by atoms with Crippen LogP contribution in [0.3, 0.4) is 0 Å². The highest BCUT2D eigenvalue weighted by Gasteiger charge is 2.49. The summed E-state index contributed by atoms with van der Waals surface area (Å²) in [5, 5.41) is 12.4. The summed E-state index contributed by atoms with van der Waals surface area (Å²) in [7, 11) is 0. The molecule has 1 aliphatic heterocycles. The van der Waals surface area contributed by atoms with Crippen molar-refractivity contribution in [3.63, 3.8) is 0 Å². The van der Waals surface area contributed by atoms with Crippen LogP contribution < -0.4 is 4.74 Å². The molecule has 0 radical (unpaired) electrons. The number of rotatable bonds is 6. The highest BCUT2D eigenvalue weighted by atomic mass is 35.5. The molecular weight excluding hydrogens is 432 g/mol. The Bertz CT molecular complexity index is 977. The fourth-order valence-corrected chi connectivity index (χ4v) is 6.35. The van der Waals surface area contributed by atoms with E-state index in [1.54, 1.807) is 0 Å². The van der Waals surface area contributed by atoms with Crippen LogP contribution in [0.25, 0.3) is 0 Å². The van der Waals surface area contributed by atoms with E-state index in [0.29, 0.717) is 29.4 Å². The summed E-state index contributed by atoms with van der Waals surface area (Å²) < 4.78 is 12.5. The highest BCUT2D eigenvalue weighted by molar-refractivity contribution is 6.31. The van der Waals surface area contributed by atoms with Gasteiger partial charge in [-0.25, -0.2) is 0 Å². The summed E-state index contributed by atoms with van der Waals surface area (Å²) in [6.45, 7) is 8.67. The van der Waals surface area contributed by atoms with E-state index in [2.05, 4.69) is 52.0 Å². The predicted octanol–water partition coefficient (Wildman–Crippen LogP) is 6.97. The maximum atomic E-state index is 11.7. The van der Waals surface area contributed by atoms with Crippen molar-refractivity contribution in [1.29, 1.82) is 0 Å². The average molecular weight is 469 g/mol. The third-order valence-electron chi connectivity index (χ3n) is 8.84. The molecule has 1 heterocycles. The van der Waals surface area contributed by atoms with Gasteiger partial charge in [-0.1, -0.05) is 57.5 Å². The van der Waals surface area contributed by atoms with Crippen LogP contribution in [0.2, 0.25) is 5.02 Å². The number of hydrogen-bond donors (Lipinski definition) is 1. The standard InChI is InChI=1S/C29H37ClO3/c1-5-28-18(3)17(2)19(4)29(31,33-28)24-8-11-27(30)23(14-24)12-20-6-9-25(10-7-20)32-26-15-21-13-22(21)16-26/h6-11,14,17-19,21-22,26,28,31H,5,12-13,15-16H2,1-4H3/t17-,18-,19+,21-,22+,26-,28+,29?/m0/s1. The molecule has 3 fully saturated rings. The van der Waals surface area contributed by atoms with Crippen LogP contribution in [-0.2, 0) is 16.9 Å². The molecular formula is C29H37ClO3. The Morgan fingerprint density at radius 3 is 2.36 bits per heavy atom. The molecule has 2 saturated carbocycles. The molecule has 1 N–H and O–H groups in total. The van der Waals surface area contributed by atoms with Crippen LogP contribution >= 0.6 is 11.6 Å². The summed E-state index contributed by atoms with van der Waals surface area (Å²) in [6, 6.07) is 14.2. The fourth-order valence-electron chi connectivity index (χ4n) is 6.17. The quantitative estimate of drug-likeness (QED) is 0.497. The van der Waals surface area contributed by atoms with E-state index in [1.807, 2.05) is 18.2 Å². The first kappa shape index (κ1) is 23.2. The van der Waals surface area contributed by atoms with Gasteiger partial charge in [0.1, 0.15) is 5.75 Å². The summed E-state index contributed by atoms with van der Waals surface area (Å²) in [4.78, 5) is 0. The van der Waals surface area contributed by atoms with E-state index in [-0.39, 0.29) is 12.0 Å². The zero-order chi connectivity index (χ0) is 23.3. The first-order chi connectivity index (χ1) is 15.8. The Labute approximate surface area is 203 Å². The average Bonchev–Trinajstić information content (AvgIpc) is 3.43. The Morgan fingerprint density at radius 1 is 1.00 bits per heavy atom. The molecule has 178 valence electrons. The van der Waals surface area contributed by atoms with Crippen molar-refractivity contribution >= 4 is 11.6 Å². The van der Waals surface area contributed by atoms with E-state index in [0.717, 1.165) is 35.1 Å². The first-order valence-corrected chi connectivity index (χ1v) is 13.1. The third-order valence-corrected chi connectivity index (χ3v) is 9.20. The lowest BCUT2D eigenvalue weighted by Gasteiger charge is -2.49. The van der Waals surface area contributed by atoms with E-state index < -0.39 is 5.79 Å². The molecule has 1 saturated heterocycles. The number of halogens is 1. The second kappa shape index (κ2) is 8.91. The molecule has 0 spiro atoms. The summed E-state index contributed by atoms with van der Waals surface area (Å²) in [6.07, 6.45) is 5.86. The lowest BCUT2D eigenvalue weighted by atomic mass is 9.72. The molecule has 3 aliphatic rings. The van der Waals surface area contributed by atoms with Crippen molar-refractivity contribution in [1.82, 2.24) is 0 Å². The minimum atomic E-state index is -1.30. The number of hydrogen-bond acceptors (Lipinski definition) is 3. The molecule has 0 bridgehead atoms. The minimum Gasteiger partial charge on any atom is -0.490 e. The van der Waals surface area contributed by atoms with Crippen LogP contribution in [-0.4, -0.2) is 17.3 Å². The van der Waals surface area contributed by atoms with Crippen LogP contribution in [0.1, 0.15) is 70.1 Å². The van der Waals surface area contributed by atoms with Crippen molar-refractivity contribution in [3.05, 3.63) is 64.2 Å². The van der Waals surface area contributed by atoms with Gasteiger partial charge in [0.25, 0.3) is 0 Å². The highest BCUT2D eigenvalue weighted by Crippen LogP contribution is 2.52. The zero-order valence-electron chi connectivity index (χ0n) is 20.3. The topological polar surface area (TPSA) is 38.7 Å². The van der Waals surface area contributed by atoms with Crippen molar-refractivity contribution in [2.24, 2.45) is 29.6 Å². The smallest absolute Gasteiger partial charge is 0.195 e. The van der Waals surface area contributed by atoms with Gasteiger partial charge in [-0.2, -0.15) is 0 Å². The summed E-state index contributed by atoms with van der Waals surface area (Å²) in [5.74, 6) is 2.26. The molecule has 1 unspecified atom stereocenters. The molecule has 8 atom stereocenters. The van der Waals surface area contributed by atoms with Gasteiger partial charge in [0, 0.05) is 16.5 Å². The lowest BCUT2D eigenvalue weighted by Crippen LogP contribution is -2.51. The predicted molar refractivity (Wildman–Crippen MR) is 132 cm³/mol. The second-order valence-electron chi connectivity index (χ2n) is 10.9. The minimum absolute atomic E-state index is 0.0117. The maximum absolute atomic E-state index is 11.7. The molecule has 2 aromatic rings. The van der Waals surface area contributed by atoms with Crippen molar-refractivity contribution in [2.75, 3.05) is 0 Å². The van der Waals surface area contributed by atoms with Gasteiger partial charge in [-0.05, 0) is 91.2 Å². The Morgan fingerprint density at radius 2 is 1.70 bits per heavy atom. The molecule has 0 amide bonds. The Hall–Kier alpha value is -1.55. The van der Waals surface area contributed by atoms with E-state index in [4.69, 9.17) is 21.1 Å². The zero-order valence-corrected chi connectivity index (χ0v) is 21.0. The number of ether oxygens (including phenoxy) is 2. The molecule has 33 heavy (non-hydrogen) atoms. The second-order valence-corrected chi connectivity index (χ2v) is 11.3. The maximum Gasteiger partial charge on any atom is 0.195 e. The van der Waals surface area contributed by atoms with E-state index in [1.165, 1.54) is 24.8 Å². The van der Waals surface area contributed by atoms with Crippen molar-refractivity contribution in [2.45, 2.75) is 77.8 Å². The number of fused-ring (bicyclic) bond motifs is 1. The SMILES string of the molecule is CC[C@H]1OC(O)(c2ccc(Cl)c(Cc3ccc(O[C@H]4C[C@@H]5C[C@@H]5C4)cc3)c2)[C@H](C)[C@@H](C)[C@@H]1C. The molecule has 0 aromatic heterocycles. The van der Waals surface area contributed by atoms with Gasteiger partial charge < -0.3 is 14.6 Å². The summed E-state index contributed by atoms with van der Waals surface area (Å²) >= 11 is 6.59. The molecule has 4 heteroatoms. The monoisotopic (exact) mass is 468 g/mol. The first-order valence-electron chi connectivity index (χ1n) is 12.7. The van der Waals surface area contributed by atoms with Crippen LogP contribution in [0, 0.1) is 29.6 Å². The van der Waals surface area contributed by atoms with Gasteiger partial charge >= 0.3 is 0 Å². The van der Waals surface area contributed by atoms with Crippen molar-refractivity contribution < 1.29 is 14.6 Å². The largest absolute Gasteiger partial charge is 0.490 e. The number of aliphatic hydroxyl groups is 1.